The highest BCUT2D eigenvalue weighted by Crippen LogP contribution is 2.08. The van der Waals surface area contributed by atoms with E-state index in [2.05, 4.69) is 4.74 Å². The molecule has 3 heteroatoms. The van der Waals surface area contributed by atoms with Crippen molar-refractivity contribution >= 4 is 5.97 Å². The molecule has 0 bridgehead atoms. The van der Waals surface area contributed by atoms with Crippen molar-refractivity contribution in [3.8, 4) is 0 Å². The molecule has 66 valence electrons. The normalized spacial score (nSPS) is 14.3. The maximum Gasteiger partial charge on any atom is 0.364 e. The molecule has 0 aromatic carbocycles. The van der Waals surface area contributed by atoms with E-state index in [0.29, 0.717) is 4.48 Å². The Kier molecular flexibility index (Phi) is 3.52. The Labute approximate surface area is 68.5 Å². The topological polar surface area (TPSA) is 26.3 Å². The summed E-state index contributed by atoms with van der Waals surface area (Å²) in [6.07, 6.45) is 0.816. The maximum atomic E-state index is 11.2. The first kappa shape index (κ1) is 10.4. The molecule has 0 aliphatic carbocycles. The van der Waals surface area contributed by atoms with Crippen LogP contribution in [0.15, 0.2) is 0 Å². The summed E-state index contributed by atoms with van der Waals surface area (Å²) < 4.78 is 5.30. The molecular formula is C8H18NO2+. The molecule has 0 aliphatic heterocycles. The van der Waals surface area contributed by atoms with Crippen LogP contribution < -0.4 is 0 Å². The van der Waals surface area contributed by atoms with Gasteiger partial charge in [0.25, 0.3) is 0 Å². The van der Waals surface area contributed by atoms with Crippen molar-refractivity contribution in [3.63, 3.8) is 0 Å². The Morgan fingerprint density at radius 1 is 1.45 bits per heavy atom. The molecule has 0 heterocycles. The second kappa shape index (κ2) is 3.72. The number of rotatable bonds is 3. The number of nitrogens with zero attached hydrogens (tertiary/aromatic N) is 1. The van der Waals surface area contributed by atoms with Crippen molar-refractivity contribution in [1.82, 2.24) is 0 Å². The van der Waals surface area contributed by atoms with Crippen LogP contribution in [0.25, 0.3) is 0 Å². The monoisotopic (exact) mass is 160 g/mol. The van der Waals surface area contributed by atoms with E-state index in [0.717, 1.165) is 6.42 Å². The van der Waals surface area contributed by atoms with Crippen molar-refractivity contribution in [1.29, 1.82) is 0 Å². The standard InChI is InChI=1S/C8H18NO2/c1-6-7(8(10)11-5)9(2,3)4/h7H,6H2,1-5H3/q+1/t7-/m1/s1. The summed E-state index contributed by atoms with van der Waals surface area (Å²) in [5.74, 6) is -0.125. The molecule has 0 rings (SSSR count). The van der Waals surface area contributed by atoms with Crippen LogP contribution in [-0.4, -0.2) is 44.7 Å². The van der Waals surface area contributed by atoms with Crippen LogP contribution in [0.3, 0.4) is 0 Å². The first-order valence-corrected chi connectivity index (χ1v) is 3.82. The lowest BCUT2D eigenvalue weighted by Gasteiger charge is -2.31. The summed E-state index contributed by atoms with van der Waals surface area (Å²) in [6, 6.07) is -0.0417. The van der Waals surface area contributed by atoms with E-state index in [-0.39, 0.29) is 12.0 Å². The molecule has 0 aromatic rings. The first-order valence-electron chi connectivity index (χ1n) is 3.82. The Morgan fingerprint density at radius 2 is 1.91 bits per heavy atom. The van der Waals surface area contributed by atoms with Gasteiger partial charge in [0.05, 0.1) is 28.3 Å². The summed E-state index contributed by atoms with van der Waals surface area (Å²) in [7, 11) is 7.40. The van der Waals surface area contributed by atoms with E-state index >= 15 is 0 Å². The molecule has 0 amide bonds. The van der Waals surface area contributed by atoms with Gasteiger partial charge in [-0.2, -0.15) is 0 Å². The summed E-state index contributed by atoms with van der Waals surface area (Å²) in [5.41, 5.74) is 0. The quantitative estimate of drug-likeness (QED) is 0.447. The van der Waals surface area contributed by atoms with Crippen molar-refractivity contribution < 1.29 is 14.0 Å². The minimum absolute atomic E-state index is 0.0417. The molecule has 1 atom stereocenters. The van der Waals surface area contributed by atoms with Crippen LogP contribution in [0.5, 0.6) is 0 Å². The zero-order valence-corrected chi connectivity index (χ0v) is 8.05. The Balaban J connectivity index is 4.29. The van der Waals surface area contributed by atoms with E-state index in [9.17, 15) is 4.79 Å². The fourth-order valence-corrected chi connectivity index (χ4v) is 1.17. The Morgan fingerprint density at radius 3 is 2.00 bits per heavy atom. The molecule has 0 saturated heterocycles. The third-order valence-electron chi connectivity index (χ3n) is 1.79. The molecule has 0 aromatic heterocycles. The van der Waals surface area contributed by atoms with Gasteiger partial charge >= 0.3 is 5.97 Å². The van der Waals surface area contributed by atoms with E-state index in [1.807, 2.05) is 28.1 Å². The van der Waals surface area contributed by atoms with E-state index in [1.165, 1.54) is 7.11 Å². The van der Waals surface area contributed by atoms with Gasteiger partial charge in [0.2, 0.25) is 0 Å². The van der Waals surface area contributed by atoms with E-state index in [1.54, 1.807) is 0 Å². The number of hydrogen-bond acceptors (Lipinski definition) is 2. The summed E-state index contributed by atoms with van der Waals surface area (Å²) in [4.78, 5) is 11.2. The predicted molar refractivity (Wildman–Crippen MR) is 44.1 cm³/mol. The summed E-state index contributed by atoms with van der Waals surface area (Å²) in [5, 5.41) is 0. The van der Waals surface area contributed by atoms with Crippen molar-refractivity contribution in [3.05, 3.63) is 0 Å². The zero-order valence-electron chi connectivity index (χ0n) is 8.05. The number of esters is 1. The van der Waals surface area contributed by atoms with Gasteiger partial charge in [-0.1, -0.05) is 6.92 Å². The van der Waals surface area contributed by atoms with Crippen LogP contribution in [0.2, 0.25) is 0 Å². The Hall–Kier alpha value is -0.570. The van der Waals surface area contributed by atoms with Gasteiger partial charge in [0.15, 0.2) is 6.04 Å². The highest BCUT2D eigenvalue weighted by Gasteiger charge is 2.30. The van der Waals surface area contributed by atoms with Crippen molar-refractivity contribution in [2.75, 3.05) is 28.3 Å². The first-order chi connectivity index (χ1) is 4.93. The third kappa shape index (κ3) is 2.89. The predicted octanol–water partition coefficient (Wildman–Crippen LogP) is 0.644. The summed E-state index contributed by atoms with van der Waals surface area (Å²) in [6.45, 7) is 1.99. The van der Waals surface area contributed by atoms with Crippen LogP contribution in [0.4, 0.5) is 0 Å². The lowest BCUT2D eigenvalue weighted by molar-refractivity contribution is -0.887. The second-order valence-corrected chi connectivity index (χ2v) is 3.56. The van der Waals surface area contributed by atoms with Gasteiger partial charge in [-0.05, 0) is 0 Å². The fraction of sp³-hybridized carbons (Fsp3) is 0.875. The molecule has 0 N–H and O–H groups in total. The molecule has 0 aliphatic rings. The number of quaternary nitrogens is 1. The average molecular weight is 160 g/mol. The lowest BCUT2D eigenvalue weighted by Crippen LogP contribution is -2.49. The van der Waals surface area contributed by atoms with Gasteiger partial charge in [-0.3, -0.25) is 0 Å². The molecule has 0 unspecified atom stereocenters. The van der Waals surface area contributed by atoms with Crippen LogP contribution >= 0.6 is 0 Å². The van der Waals surface area contributed by atoms with E-state index in [4.69, 9.17) is 0 Å². The van der Waals surface area contributed by atoms with Crippen molar-refractivity contribution in [2.24, 2.45) is 0 Å². The second-order valence-electron chi connectivity index (χ2n) is 3.56. The highest BCUT2D eigenvalue weighted by atomic mass is 16.5. The third-order valence-corrected chi connectivity index (χ3v) is 1.79. The number of hydrogen-bond donors (Lipinski definition) is 0. The molecular weight excluding hydrogens is 142 g/mol. The van der Waals surface area contributed by atoms with Crippen LogP contribution in [-0.2, 0) is 9.53 Å². The Bertz CT molecular complexity index is 138. The molecule has 0 saturated carbocycles. The van der Waals surface area contributed by atoms with Gasteiger partial charge in [0, 0.05) is 6.42 Å². The number of carbonyl (C=O) groups excluding carboxylic acids is 1. The fourth-order valence-electron chi connectivity index (χ4n) is 1.17. The number of methoxy groups -OCH3 is 1. The highest BCUT2D eigenvalue weighted by molar-refractivity contribution is 5.74. The molecule has 0 fully saturated rings. The van der Waals surface area contributed by atoms with Crippen LogP contribution in [0.1, 0.15) is 13.3 Å². The van der Waals surface area contributed by atoms with Crippen molar-refractivity contribution in [2.45, 2.75) is 19.4 Å². The number of ether oxygens (including phenoxy) is 1. The molecule has 0 spiro atoms. The SMILES string of the molecule is CC[C@H](C(=O)OC)[N+](C)(C)C. The number of carbonyl (C=O) groups is 1. The largest absolute Gasteiger partial charge is 0.465 e. The van der Waals surface area contributed by atoms with Gasteiger partial charge in [-0.15, -0.1) is 0 Å². The summed E-state index contributed by atoms with van der Waals surface area (Å²) >= 11 is 0. The minimum Gasteiger partial charge on any atom is -0.465 e. The smallest absolute Gasteiger partial charge is 0.364 e. The zero-order chi connectivity index (χ0) is 9.07. The lowest BCUT2D eigenvalue weighted by atomic mass is 10.2. The molecule has 11 heavy (non-hydrogen) atoms. The van der Waals surface area contributed by atoms with Gasteiger partial charge in [-0.25, -0.2) is 4.79 Å². The van der Waals surface area contributed by atoms with E-state index < -0.39 is 0 Å². The average Bonchev–Trinajstić information content (AvgIpc) is 1.86. The number of likely N-dealkylation sites (N-methyl/N-ethyl adjacent to an activating group) is 1. The minimum atomic E-state index is -0.125. The molecule has 0 radical (unpaired) electrons. The van der Waals surface area contributed by atoms with Gasteiger partial charge < -0.3 is 9.22 Å². The van der Waals surface area contributed by atoms with Crippen LogP contribution in [0, 0.1) is 0 Å². The maximum absolute atomic E-state index is 11.2. The molecule has 3 nitrogen and oxygen atoms in total. The van der Waals surface area contributed by atoms with Gasteiger partial charge in [0.1, 0.15) is 0 Å².